The number of nitrogens with zero attached hydrogens (tertiary/aromatic N) is 2. The van der Waals surface area contributed by atoms with Gasteiger partial charge in [-0.2, -0.15) is 0 Å². The number of aliphatic hydroxyl groups is 1. The number of nitrogens with two attached hydrogens (primary N) is 1. The number of rotatable bonds is 6. The summed E-state index contributed by atoms with van der Waals surface area (Å²) in [5.41, 5.74) is 2.43. The van der Waals surface area contributed by atoms with E-state index in [2.05, 4.69) is 20.7 Å². The molecule has 0 amide bonds. The summed E-state index contributed by atoms with van der Waals surface area (Å²) in [6.45, 7) is 2.51. The van der Waals surface area contributed by atoms with Crippen molar-refractivity contribution in [2.24, 2.45) is 5.84 Å². The molecule has 6 heteroatoms. The van der Waals surface area contributed by atoms with Crippen LogP contribution < -0.4 is 16.6 Å². The Labute approximate surface area is 88.9 Å². The number of hydrogen-bond donors (Lipinski definition) is 4. The van der Waals surface area contributed by atoms with Crippen molar-refractivity contribution < 1.29 is 5.11 Å². The summed E-state index contributed by atoms with van der Waals surface area (Å²) in [6, 6.07) is 1.68. The van der Waals surface area contributed by atoms with E-state index in [-0.39, 0.29) is 6.10 Å². The lowest BCUT2D eigenvalue weighted by molar-refractivity contribution is 0.176. The zero-order chi connectivity index (χ0) is 11.1. The summed E-state index contributed by atoms with van der Waals surface area (Å²) in [5.74, 6) is 6.39. The van der Waals surface area contributed by atoms with Crippen molar-refractivity contribution in [3.05, 3.63) is 12.4 Å². The first-order chi connectivity index (χ1) is 7.26. The zero-order valence-corrected chi connectivity index (χ0v) is 8.77. The molecule has 0 bridgehead atoms. The lowest BCUT2D eigenvalue weighted by Gasteiger charge is -2.11. The Morgan fingerprint density at radius 3 is 2.87 bits per heavy atom. The van der Waals surface area contributed by atoms with Gasteiger partial charge in [0, 0.05) is 12.6 Å². The van der Waals surface area contributed by atoms with Gasteiger partial charge in [-0.25, -0.2) is 15.8 Å². The molecule has 0 saturated carbocycles. The van der Waals surface area contributed by atoms with Gasteiger partial charge < -0.3 is 15.8 Å². The summed E-state index contributed by atoms with van der Waals surface area (Å²) < 4.78 is 0. The second kappa shape index (κ2) is 6.15. The lowest BCUT2D eigenvalue weighted by Crippen LogP contribution is -2.19. The second-order valence-corrected chi connectivity index (χ2v) is 3.26. The molecule has 1 unspecified atom stereocenters. The minimum absolute atomic E-state index is 0.348. The van der Waals surface area contributed by atoms with Gasteiger partial charge >= 0.3 is 0 Å². The van der Waals surface area contributed by atoms with E-state index in [1.54, 1.807) is 6.07 Å². The first kappa shape index (κ1) is 11.7. The maximum Gasteiger partial charge on any atom is 0.145 e. The number of hydrazine groups is 1. The van der Waals surface area contributed by atoms with Crippen LogP contribution in [0.2, 0.25) is 0 Å². The highest BCUT2D eigenvalue weighted by atomic mass is 16.3. The summed E-state index contributed by atoms with van der Waals surface area (Å²) in [4.78, 5) is 7.86. The molecule has 0 aliphatic carbocycles. The van der Waals surface area contributed by atoms with Crippen LogP contribution in [0, 0.1) is 0 Å². The number of aliphatic hydroxyl groups excluding tert-OH is 1. The minimum atomic E-state index is -0.348. The molecule has 0 radical (unpaired) electrons. The van der Waals surface area contributed by atoms with E-state index < -0.39 is 0 Å². The topological polar surface area (TPSA) is 96.1 Å². The van der Waals surface area contributed by atoms with Gasteiger partial charge in [0.05, 0.1) is 6.10 Å². The number of nitrogens with one attached hydrogen (secondary N) is 2. The largest absolute Gasteiger partial charge is 0.391 e. The van der Waals surface area contributed by atoms with Crippen molar-refractivity contribution >= 4 is 11.6 Å². The number of anilines is 2. The molecule has 0 aromatic carbocycles. The van der Waals surface area contributed by atoms with Gasteiger partial charge in [0.25, 0.3) is 0 Å². The Hall–Kier alpha value is -1.40. The Morgan fingerprint density at radius 1 is 1.47 bits per heavy atom. The van der Waals surface area contributed by atoms with E-state index in [1.165, 1.54) is 6.33 Å². The van der Waals surface area contributed by atoms with Crippen molar-refractivity contribution in [1.82, 2.24) is 9.97 Å². The van der Waals surface area contributed by atoms with Crippen molar-refractivity contribution in [2.45, 2.75) is 25.9 Å². The summed E-state index contributed by atoms with van der Waals surface area (Å²) in [6.07, 6.45) is 2.80. The summed E-state index contributed by atoms with van der Waals surface area (Å²) in [7, 11) is 0. The molecule has 1 aromatic heterocycles. The predicted octanol–water partition coefficient (Wildman–Crippen LogP) is 0.335. The van der Waals surface area contributed by atoms with Crippen molar-refractivity contribution in [3.8, 4) is 0 Å². The quantitative estimate of drug-likeness (QED) is 0.400. The Bertz CT molecular complexity index is 294. The Kier molecular flexibility index (Phi) is 4.79. The molecule has 0 spiro atoms. The standard InChI is InChI=1S/C9H17N5O/c1-2-3-7(15)5-11-8-4-9(14-10)13-6-12-8/h4,6-7,15H,2-3,5,10H2,1H3,(H2,11,12,13,14). The average Bonchev–Trinajstić information content (AvgIpc) is 2.27. The van der Waals surface area contributed by atoms with Crippen LogP contribution in [0.5, 0.6) is 0 Å². The van der Waals surface area contributed by atoms with Crippen LogP contribution in [0.15, 0.2) is 12.4 Å². The average molecular weight is 211 g/mol. The molecule has 1 atom stereocenters. The Morgan fingerprint density at radius 2 is 2.20 bits per heavy atom. The maximum atomic E-state index is 9.49. The predicted molar refractivity (Wildman–Crippen MR) is 59.2 cm³/mol. The van der Waals surface area contributed by atoms with Crippen LogP contribution in [0.25, 0.3) is 0 Å². The minimum Gasteiger partial charge on any atom is -0.391 e. The highest BCUT2D eigenvalue weighted by molar-refractivity contribution is 5.45. The molecule has 1 aromatic rings. The van der Waals surface area contributed by atoms with Crippen LogP contribution in [0.4, 0.5) is 11.6 Å². The van der Waals surface area contributed by atoms with Gasteiger partial charge in [-0.3, -0.25) is 0 Å². The highest BCUT2D eigenvalue weighted by Gasteiger charge is 2.03. The monoisotopic (exact) mass is 211 g/mol. The van der Waals surface area contributed by atoms with Gasteiger partial charge in [-0.15, -0.1) is 0 Å². The maximum absolute atomic E-state index is 9.49. The van der Waals surface area contributed by atoms with Crippen molar-refractivity contribution in [2.75, 3.05) is 17.3 Å². The van der Waals surface area contributed by atoms with E-state index in [4.69, 9.17) is 5.84 Å². The molecule has 84 valence electrons. The van der Waals surface area contributed by atoms with Crippen LogP contribution in [-0.2, 0) is 0 Å². The third-order valence-corrected chi connectivity index (χ3v) is 1.96. The smallest absolute Gasteiger partial charge is 0.145 e. The molecular weight excluding hydrogens is 194 g/mol. The second-order valence-electron chi connectivity index (χ2n) is 3.26. The molecule has 15 heavy (non-hydrogen) atoms. The van der Waals surface area contributed by atoms with E-state index >= 15 is 0 Å². The summed E-state index contributed by atoms with van der Waals surface area (Å²) >= 11 is 0. The molecule has 0 aliphatic heterocycles. The van der Waals surface area contributed by atoms with Crippen LogP contribution in [0.1, 0.15) is 19.8 Å². The molecule has 1 heterocycles. The van der Waals surface area contributed by atoms with E-state index in [0.29, 0.717) is 18.2 Å². The van der Waals surface area contributed by atoms with Gasteiger partial charge in [-0.05, 0) is 6.42 Å². The molecule has 0 aliphatic rings. The molecule has 5 N–H and O–H groups in total. The zero-order valence-electron chi connectivity index (χ0n) is 8.77. The van der Waals surface area contributed by atoms with Crippen LogP contribution in [0.3, 0.4) is 0 Å². The molecule has 6 nitrogen and oxygen atoms in total. The van der Waals surface area contributed by atoms with Crippen molar-refractivity contribution in [3.63, 3.8) is 0 Å². The molecular formula is C9H17N5O. The van der Waals surface area contributed by atoms with Crippen LogP contribution >= 0.6 is 0 Å². The fourth-order valence-electron chi connectivity index (χ4n) is 1.19. The lowest BCUT2D eigenvalue weighted by atomic mass is 10.2. The SMILES string of the molecule is CCCC(O)CNc1cc(NN)ncn1. The fraction of sp³-hybridized carbons (Fsp3) is 0.556. The van der Waals surface area contributed by atoms with E-state index in [9.17, 15) is 5.11 Å². The third-order valence-electron chi connectivity index (χ3n) is 1.96. The van der Waals surface area contributed by atoms with Gasteiger partial charge in [0.2, 0.25) is 0 Å². The number of aromatic nitrogens is 2. The molecule has 0 fully saturated rings. The first-order valence-electron chi connectivity index (χ1n) is 4.96. The highest BCUT2D eigenvalue weighted by Crippen LogP contribution is 2.07. The van der Waals surface area contributed by atoms with E-state index in [0.717, 1.165) is 12.8 Å². The van der Waals surface area contributed by atoms with Crippen LogP contribution in [-0.4, -0.2) is 27.7 Å². The van der Waals surface area contributed by atoms with Gasteiger partial charge in [0.1, 0.15) is 18.0 Å². The molecule has 0 saturated heterocycles. The van der Waals surface area contributed by atoms with Crippen molar-refractivity contribution in [1.29, 1.82) is 0 Å². The van der Waals surface area contributed by atoms with Gasteiger partial charge in [0.15, 0.2) is 0 Å². The normalized spacial score (nSPS) is 12.2. The van der Waals surface area contributed by atoms with Gasteiger partial charge in [-0.1, -0.05) is 13.3 Å². The number of nitrogen functional groups attached to an aromatic ring is 1. The van der Waals surface area contributed by atoms with E-state index in [1.807, 2.05) is 6.92 Å². The summed E-state index contributed by atoms with van der Waals surface area (Å²) in [5, 5.41) is 12.5. The number of hydrogen-bond acceptors (Lipinski definition) is 6. The molecule has 1 rings (SSSR count). The Balaban J connectivity index is 2.43. The third kappa shape index (κ3) is 4.09. The first-order valence-corrected chi connectivity index (χ1v) is 4.96. The fourth-order valence-corrected chi connectivity index (χ4v) is 1.19.